The van der Waals surface area contributed by atoms with Gasteiger partial charge in [0, 0.05) is 0 Å². The molecule has 0 aromatic rings. The van der Waals surface area contributed by atoms with Crippen LogP contribution in [0.4, 0.5) is 0 Å². The highest BCUT2D eigenvalue weighted by Crippen LogP contribution is 2.15. The fourth-order valence-electron chi connectivity index (χ4n) is 0.866. The third-order valence-corrected chi connectivity index (χ3v) is 1.72. The largest absolute Gasteiger partial charge is 0.324 e. The van der Waals surface area contributed by atoms with Crippen LogP contribution in [0, 0.1) is 0 Å². The summed E-state index contributed by atoms with van der Waals surface area (Å²) < 4.78 is 15.6. The van der Waals surface area contributed by atoms with Crippen LogP contribution in [0.25, 0.3) is 0 Å². The minimum absolute atomic E-state index is 0.161. The van der Waals surface area contributed by atoms with Crippen molar-refractivity contribution in [1.82, 2.24) is 0 Å². The first-order valence-electron chi connectivity index (χ1n) is 3.24. The molecule has 2 atom stereocenters. The average Bonchev–Trinajstić information content (AvgIpc) is 1.85. The van der Waals surface area contributed by atoms with Gasteiger partial charge in [0.1, 0.15) is 0 Å². The lowest BCUT2D eigenvalue weighted by atomic mass is 10.6. The Hall–Kier alpha value is 0.360. The molecule has 0 spiro atoms. The van der Waals surface area contributed by atoms with Crippen LogP contribution in [0.2, 0.25) is 0 Å². The Morgan fingerprint density at radius 1 is 1.10 bits per heavy atom. The van der Waals surface area contributed by atoms with Crippen molar-refractivity contribution in [2.45, 2.75) is 32.7 Å². The minimum Gasteiger partial charge on any atom is -0.324 e. The molecule has 3 nitrogen and oxygen atoms in total. The smallest absolute Gasteiger partial charge is 0.173 e. The van der Waals surface area contributed by atoms with E-state index in [1.807, 2.05) is 13.8 Å². The Morgan fingerprint density at radius 3 is 2.00 bits per heavy atom. The highest BCUT2D eigenvalue weighted by atomic mass is 79.9. The van der Waals surface area contributed by atoms with Gasteiger partial charge < -0.3 is 14.2 Å². The molecule has 1 saturated heterocycles. The Bertz CT molecular complexity index is 99.2. The Morgan fingerprint density at radius 2 is 1.60 bits per heavy atom. The van der Waals surface area contributed by atoms with Crippen molar-refractivity contribution < 1.29 is 14.2 Å². The summed E-state index contributed by atoms with van der Waals surface area (Å²) in [4.78, 5) is 0. The molecule has 0 radical (unpaired) electrons. The molecule has 1 heterocycles. The highest BCUT2D eigenvalue weighted by Gasteiger charge is 2.23. The Balaban J connectivity index is 2.35. The summed E-state index contributed by atoms with van der Waals surface area (Å²) in [6, 6.07) is 0. The molecule has 60 valence electrons. The zero-order chi connectivity index (χ0) is 7.56. The first kappa shape index (κ1) is 8.46. The normalized spacial score (nSPS) is 41.7. The van der Waals surface area contributed by atoms with E-state index >= 15 is 0 Å². The van der Waals surface area contributed by atoms with Crippen LogP contribution in [0.3, 0.4) is 0 Å². The van der Waals surface area contributed by atoms with E-state index in [-0.39, 0.29) is 18.9 Å². The maximum Gasteiger partial charge on any atom is 0.173 e. The van der Waals surface area contributed by atoms with E-state index in [2.05, 4.69) is 15.9 Å². The molecule has 1 rings (SSSR count). The van der Waals surface area contributed by atoms with E-state index < -0.39 is 0 Å². The van der Waals surface area contributed by atoms with Crippen LogP contribution in [0.1, 0.15) is 13.8 Å². The predicted octanol–water partition coefficient (Wildman–Crippen LogP) is 1.46. The second-order valence-electron chi connectivity index (χ2n) is 2.13. The molecule has 0 aromatic carbocycles. The number of rotatable bonds is 1. The molecule has 0 amide bonds. The monoisotopic (exact) mass is 210 g/mol. The van der Waals surface area contributed by atoms with E-state index in [0.29, 0.717) is 5.33 Å². The Labute approximate surface area is 68.8 Å². The van der Waals surface area contributed by atoms with Crippen LogP contribution >= 0.6 is 15.9 Å². The lowest BCUT2D eigenvalue weighted by molar-refractivity contribution is -0.365. The summed E-state index contributed by atoms with van der Waals surface area (Å²) in [6.45, 7) is 3.71. The Kier molecular flexibility index (Phi) is 3.10. The number of halogens is 1. The van der Waals surface area contributed by atoms with Crippen LogP contribution < -0.4 is 0 Å². The molecule has 0 aromatic heterocycles. The zero-order valence-electron chi connectivity index (χ0n) is 6.04. The molecule has 0 unspecified atom stereocenters. The van der Waals surface area contributed by atoms with Gasteiger partial charge in [0.05, 0.1) is 5.33 Å². The van der Waals surface area contributed by atoms with Gasteiger partial charge >= 0.3 is 0 Å². The summed E-state index contributed by atoms with van der Waals surface area (Å²) in [6.07, 6.45) is -0.489. The van der Waals surface area contributed by atoms with Crippen molar-refractivity contribution >= 4 is 15.9 Å². The van der Waals surface area contributed by atoms with Crippen LogP contribution in [-0.4, -0.2) is 24.2 Å². The molecule has 0 aliphatic carbocycles. The molecular weight excluding hydrogens is 200 g/mol. The van der Waals surface area contributed by atoms with Gasteiger partial charge in [-0.1, -0.05) is 15.9 Å². The number of ether oxygens (including phenoxy) is 3. The van der Waals surface area contributed by atoms with Gasteiger partial charge in [0.2, 0.25) is 0 Å². The first-order chi connectivity index (χ1) is 4.72. The van der Waals surface area contributed by atoms with Gasteiger partial charge in [0.25, 0.3) is 0 Å². The summed E-state index contributed by atoms with van der Waals surface area (Å²) in [5.74, 6) is 0. The fourth-order valence-corrected chi connectivity index (χ4v) is 1.17. The molecule has 1 fully saturated rings. The van der Waals surface area contributed by atoms with Crippen LogP contribution in [0.5, 0.6) is 0 Å². The van der Waals surface area contributed by atoms with Crippen molar-refractivity contribution in [1.29, 1.82) is 0 Å². The first-order valence-corrected chi connectivity index (χ1v) is 4.37. The van der Waals surface area contributed by atoms with Crippen molar-refractivity contribution in [3.8, 4) is 0 Å². The SMILES string of the molecule is C[C@H]1OC(CBr)O[C@H](C)O1. The maximum atomic E-state index is 5.21. The molecule has 1 aliphatic heterocycles. The van der Waals surface area contributed by atoms with Gasteiger partial charge in [-0.05, 0) is 13.8 Å². The molecular formula is C6H11BrO3. The highest BCUT2D eigenvalue weighted by molar-refractivity contribution is 9.09. The lowest BCUT2D eigenvalue weighted by Gasteiger charge is -2.31. The van der Waals surface area contributed by atoms with Gasteiger partial charge in [-0.3, -0.25) is 0 Å². The van der Waals surface area contributed by atoms with Gasteiger partial charge in [-0.2, -0.15) is 0 Å². The van der Waals surface area contributed by atoms with Gasteiger partial charge in [-0.25, -0.2) is 0 Å². The topological polar surface area (TPSA) is 27.7 Å². The molecule has 1 aliphatic rings. The summed E-state index contributed by atoms with van der Waals surface area (Å²) in [5.41, 5.74) is 0. The number of hydrogen-bond acceptors (Lipinski definition) is 3. The predicted molar refractivity (Wildman–Crippen MR) is 39.8 cm³/mol. The fraction of sp³-hybridized carbons (Fsp3) is 1.00. The van der Waals surface area contributed by atoms with Gasteiger partial charge in [0.15, 0.2) is 18.9 Å². The van der Waals surface area contributed by atoms with Crippen molar-refractivity contribution in [3.05, 3.63) is 0 Å². The molecule has 0 bridgehead atoms. The van der Waals surface area contributed by atoms with Crippen LogP contribution in [0.15, 0.2) is 0 Å². The third kappa shape index (κ3) is 2.20. The number of alkyl halides is 1. The van der Waals surface area contributed by atoms with Crippen molar-refractivity contribution in [2.75, 3.05) is 5.33 Å². The van der Waals surface area contributed by atoms with E-state index in [1.54, 1.807) is 0 Å². The maximum absolute atomic E-state index is 5.21. The average molecular weight is 211 g/mol. The van der Waals surface area contributed by atoms with E-state index in [0.717, 1.165) is 0 Å². The van der Waals surface area contributed by atoms with E-state index in [1.165, 1.54) is 0 Å². The summed E-state index contributed by atoms with van der Waals surface area (Å²) in [5, 5.41) is 0.686. The quantitative estimate of drug-likeness (QED) is 0.614. The third-order valence-electron chi connectivity index (χ3n) is 1.20. The second-order valence-corrected chi connectivity index (χ2v) is 2.77. The van der Waals surface area contributed by atoms with Crippen molar-refractivity contribution in [2.24, 2.45) is 0 Å². The minimum atomic E-state index is -0.168. The molecule has 4 heteroatoms. The second kappa shape index (κ2) is 3.67. The summed E-state index contributed by atoms with van der Waals surface area (Å²) >= 11 is 3.26. The van der Waals surface area contributed by atoms with E-state index in [9.17, 15) is 0 Å². The lowest BCUT2D eigenvalue weighted by Crippen LogP contribution is -2.38. The standard InChI is InChI=1S/C6H11BrO3/c1-4-8-5(2)10-6(3-7)9-4/h4-6H,3H2,1-2H3/t4-,5-/m1/s1. The zero-order valence-corrected chi connectivity index (χ0v) is 7.63. The van der Waals surface area contributed by atoms with Crippen LogP contribution in [-0.2, 0) is 14.2 Å². The van der Waals surface area contributed by atoms with E-state index in [4.69, 9.17) is 14.2 Å². The molecule has 0 N–H and O–H groups in total. The molecule has 0 saturated carbocycles. The number of hydrogen-bond donors (Lipinski definition) is 0. The van der Waals surface area contributed by atoms with Gasteiger partial charge in [-0.15, -0.1) is 0 Å². The summed E-state index contributed by atoms with van der Waals surface area (Å²) in [7, 11) is 0. The van der Waals surface area contributed by atoms with Crippen molar-refractivity contribution in [3.63, 3.8) is 0 Å². The molecule has 10 heavy (non-hydrogen) atoms.